The van der Waals surface area contributed by atoms with Gasteiger partial charge in [0, 0.05) is 26.3 Å². The number of rotatable bonds is 3. The van der Waals surface area contributed by atoms with Crippen molar-refractivity contribution in [1.29, 1.82) is 0 Å². The van der Waals surface area contributed by atoms with Gasteiger partial charge in [0.25, 0.3) is 10.0 Å². The first-order valence-electron chi connectivity index (χ1n) is 5.55. The zero-order valence-electron chi connectivity index (χ0n) is 9.76. The normalized spacial score (nSPS) is 18.4. The van der Waals surface area contributed by atoms with E-state index in [4.69, 9.17) is 5.73 Å². The highest BCUT2D eigenvalue weighted by Gasteiger charge is 2.24. The van der Waals surface area contributed by atoms with E-state index in [-0.39, 0.29) is 10.7 Å². The van der Waals surface area contributed by atoms with Crippen LogP contribution in [0.1, 0.15) is 19.3 Å². The molecule has 17 heavy (non-hydrogen) atoms. The summed E-state index contributed by atoms with van der Waals surface area (Å²) in [6, 6.07) is 0. The third-order valence-corrected chi connectivity index (χ3v) is 4.11. The summed E-state index contributed by atoms with van der Waals surface area (Å²) >= 11 is 0. The van der Waals surface area contributed by atoms with Gasteiger partial charge in [-0.25, -0.2) is 13.4 Å². The molecule has 1 fully saturated rings. The quantitative estimate of drug-likeness (QED) is 0.776. The summed E-state index contributed by atoms with van der Waals surface area (Å²) in [5, 5.41) is 5.54. The minimum absolute atomic E-state index is 0.0250. The molecule has 7 nitrogen and oxygen atoms in total. The van der Waals surface area contributed by atoms with Crippen molar-refractivity contribution in [1.82, 2.24) is 19.6 Å². The second-order valence-electron chi connectivity index (χ2n) is 4.19. The summed E-state index contributed by atoms with van der Waals surface area (Å²) in [6.07, 6.45) is 4.56. The molecule has 8 heteroatoms. The Morgan fingerprint density at radius 2 is 2.00 bits per heavy atom. The largest absolute Gasteiger partial charge is 0.381 e. The molecule has 0 spiro atoms. The molecule has 96 valence electrons. The third-order valence-electron chi connectivity index (χ3n) is 2.72. The van der Waals surface area contributed by atoms with Crippen LogP contribution in [-0.2, 0) is 17.1 Å². The number of nitrogens with one attached hydrogen (secondary N) is 1. The van der Waals surface area contributed by atoms with Crippen LogP contribution in [-0.4, -0.2) is 36.3 Å². The number of sulfonamides is 1. The number of nitrogen functional groups attached to an aromatic ring is 1. The molecule has 0 aromatic carbocycles. The van der Waals surface area contributed by atoms with Gasteiger partial charge in [0.1, 0.15) is 4.90 Å². The van der Waals surface area contributed by atoms with Crippen LogP contribution in [0.5, 0.6) is 0 Å². The Balaban J connectivity index is 2.15. The van der Waals surface area contributed by atoms with Gasteiger partial charge in [0.15, 0.2) is 5.82 Å². The molecule has 3 N–H and O–H groups in total. The standard InChI is InChI=1S/C9H17N5O2S/c1-13-7-8(9(10)11-13)17(15,16)12-14-5-3-2-4-6-14/h7,12H,2-6H2,1H3,(H2,10,11). The van der Waals surface area contributed by atoms with Crippen molar-refractivity contribution < 1.29 is 8.42 Å². The lowest BCUT2D eigenvalue weighted by Gasteiger charge is -2.26. The predicted octanol–water partition coefficient (Wildman–Crippen LogP) is -0.318. The molecule has 0 aliphatic carbocycles. The third kappa shape index (κ3) is 2.76. The maximum absolute atomic E-state index is 12.0. The maximum Gasteiger partial charge on any atom is 0.258 e. The SMILES string of the molecule is Cn1cc(S(=O)(=O)NN2CCCCC2)c(N)n1. The van der Waals surface area contributed by atoms with Crippen LogP contribution >= 0.6 is 0 Å². The summed E-state index contributed by atoms with van der Waals surface area (Å²) in [6.45, 7) is 1.47. The van der Waals surface area contributed by atoms with Crippen LogP contribution in [0.3, 0.4) is 0 Å². The fourth-order valence-electron chi connectivity index (χ4n) is 1.90. The van der Waals surface area contributed by atoms with E-state index >= 15 is 0 Å². The van der Waals surface area contributed by atoms with Gasteiger partial charge < -0.3 is 5.73 Å². The van der Waals surface area contributed by atoms with E-state index in [0.29, 0.717) is 0 Å². The number of hydrazine groups is 1. The lowest BCUT2D eigenvalue weighted by Crippen LogP contribution is -2.44. The van der Waals surface area contributed by atoms with Crippen LogP contribution in [0.25, 0.3) is 0 Å². The molecule has 2 heterocycles. The Kier molecular flexibility index (Phi) is 3.36. The van der Waals surface area contributed by atoms with Gasteiger partial charge in [-0.15, -0.1) is 4.83 Å². The highest BCUT2D eigenvalue weighted by atomic mass is 32.2. The monoisotopic (exact) mass is 259 g/mol. The van der Waals surface area contributed by atoms with Gasteiger partial charge >= 0.3 is 0 Å². The molecular weight excluding hydrogens is 242 g/mol. The molecule has 1 aliphatic heterocycles. The topological polar surface area (TPSA) is 93.2 Å². The number of nitrogens with two attached hydrogens (primary N) is 1. The van der Waals surface area contributed by atoms with E-state index in [1.165, 1.54) is 10.9 Å². The molecule has 2 rings (SSSR count). The Morgan fingerprint density at radius 1 is 1.35 bits per heavy atom. The predicted molar refractivity (Wildman–Crippen MR) is 63.4 cm³/mol. The second-order valence-corrected chi connectivity index (χ2v) is 5.82. The average Bonchev–Trinajstić information content (AvgIpc) is 2.59. The van der Waals surface area contributed by atoms with E-state index in [0.717, 1.165) is 32.4 Å². The lowest BCUT2D eigenvalue weighted by molar-refractivity contribution is 0.200. The molecule has 1 aromatic rings. The summed E-state index contributed by atoms with van der Waals surface area (Å²) in [4.78, 5) is 2.57. The van der Waals surface area contributed by atoms with Crippen molar-refractivity contribution in [2.24, 2.45) is 7.05 Å². The fraction of sp³-hybridized carbons (Fsp3) is 0.667. The van der Waals surface area contributed by atoms with Crippen LogP contribution < -0.4 is 10.6 Å². The van der Waals surface area contributed by atoms with Crippen LogP contribution in [0.15, 0.2) is 11.1 Å². The molecule has 0 saturated carbocycles. The number of piperidine rings is 1. The van der Waals surface area contributed by atoms with Crippen LogP contribution in [0.2, 0.25) is 0 Å². The van der Waals surface area contributed by atoms with Gasteiger partial charge in [0.05, 0.1) is 0 Å². The number of nitrogens with zero attached hydrogens (tertiary/aromatic N) is 3. The number of aromatic nitrogens is 2. The summed E-state index contributed by atoms with van der Waals surface area (Å²) in [5.41, 5.74) is 5.56. The van der Waals surface area contributed by atoms with Crippen molar-refractivity contribution in [2.45, 2.75) is 24.2 Å². The molecule has 0 atom stereocenters. The van der Waals surface area contributed by atoms with E-state index in [9.17, 15) is 8.42 Å². The molecule has 1 aliphatic rings. The van der Waals surface area contributed by atoms with Crippen molar-refractivity contribution in [2.75, 3.05) is 18.8 Å². The van der Waals surface area contributed by atoms with Gasteiger partial charge in [0.2, 0.25) is 0 Å². The fourth-order valence-corrected chi connectivity index (χ4v) is 3.12. The van der Waals surface area contributed by atoms with Gasteiger partial charge in [-0.3, -0.25) is 4.68 Å². The molecule has 1 aromatic heterocycles. The van der Waals surface area contributed by atoms with Crippen molar-refractivity contribution in [3.63, 3.8) is 0 Å². The van der Waals surface area contributed by atoms with Crippen molar-refractivity contribution in [3.8, 4) is 0 Å². The summed E-state index contributed by atoms with van der Waals surface area (Å²) in [7, 11) is -1.97. The molecule has 0 amide bonds. The Bertz CT molecular complexity index is 489. The van der Waals surface area contributed by atoms with Gasteiger partial charge in [-0.1, -0.05) is 6.42 Å². The van der Waals surface area contributed by atoms with Crippen molar-refractivity contribution >= 4 is 15.8 Å². The van der Waals surface area contributed by atoms with Crippen molar-refractivity contribution in [3.05, 3.63) is 6.20 Å². The van der Waals surface area contributed by atoms with Gasteiger partial charge in [-0.05, 0) is 12.8 Å². The van der Waals surface area contributed by atoms with E-state index in [2.05, 4.69) is 9.93 Å². The zero-order chi connectivity index (χ0) is 12.5. The Labute approximate surface area is 101 Å². The maximum atomic E-state index is 12.0. The highest BCUT2D eigenvalue weighted by Crippen LogP contribution is 2.16. The number of hydrogen-bond acceptors (Lipinski definition) is 5. The van der Waals surface area contributed by atoms with Crippen LogP contribution in [0.4, 0.5) is 5.82 Å². The first-order valence-corrected chi connectivity index (χ1v) is 7.04. The molecule has 0 radical (unpaired) electrons. The first-order chi connectivity index (χ1) is 7.99. The number of anilines is 1. The second kappa shape index (κ2) is 4.63. The van der Waals surface area contributed by atoms with E-state index < -0.39 is 10.0 Å². The highest BCUT2D eigenvalue weighted by molar-refractivity contribution is 7.89. The molecule has 1 saturated heterocycles. The smallest absolute Gasteiger partial charge is 0.258 e. The number of hydrogen-bond donors (Lipinski definition) is 2. The Hall–Kier alpha value is -1.12. The summed E-state index contributed by atoms with van der Waals surface area (Å²) < 4.78 is 25.5. The van der Waals surface area contributed by atoms with Gasteiger partial charge in [-0.2, -0.15) is 5.10 Å². The zero-order valence-corrected chi connectivity index (χ0v) is 10.6. The van der Waals surface area contributed by atoms with E-state index in [1.807, 2.05) is 0 Å². The minimum atomic E-state index is -3.60. The lowest BCUT2D eigenvalue weighted by atomic mass is 10.2. The summed E-state index contributed by atoms with van der Waals surface area (Å²) in [5.74, 6) is 0.0250. The van der Waals surface area contributed by atoms with E-state index in [1.54, 1.807) is 12.1 Å². The average molecular weight is 259 g/mol. The minimum Gasteiger partial charge on any atom is -0.381 e. The first kappa shape index (κ1) is 12.3. The molecule has 0 unspecified atom stereocenters. The molecule has 0 bridgehead atoms. The molecular formula is C9H17N5O2S. The van der Waals surface area contributed by atoms with Crippen LogP contribution in [0, 0.1) is 0 Å². The number of aryl methyl sites for hydroxylation is 1. The Morgan fingerprint density at radius 3 is 2.53 bits per heavy atom.